The summed E-state index contributed by atoms with van der Waals surface area (Å²) < 4.78 is 5.62. The Morgan fingerprint density at radius 1 is 0.846 bits per heavy atom. The monoisotopic (exact) mass is 452 g/mol. The van der Waals surface area contributed by atoms with Gasteiger partial charge in [-0.2, -0.15) is 0 Å². The second-order valence-corrected chi connectivity index (χ2v) is 32.8. The SMILES string of the molecule is CC1=C(C)C(C)(C)[C]([Zr+2]([C]2=CC=CC2)([C]2=CC=CC2)[SiH](C)C)=C1C.[F-].[F-]. The van der Waals surface area contributed by atoms with Crippen molar-refractivity contribution in [1.29, 1.82) is 0 Å². The summed E-state index contributed by atoms with van der Waals surface area (Å²) in [6.45, 7) is 17.5. The van der Waals surface area contributed by atoms with Crippen LogP contribution in [0.5, 0.6) is 0 Å². The van der Waals surface area contributed by atoms with Crippen molar-refractivity contribution in [1.82, 2.24) is 0 Å². The molecular weight excluding hydrogens is 422 g/mol. The summed E-state index contributed by atoms with van der Waals surface area (Å²) in [4.78, 5) is 0. The fraction of sp³-hybridized carbons (Fsp3) is 0.455. The molecular formula is C22H32F2SiZr. The zero-order valence-corrected chi connectivity index (χ0v) is 20.8. The maximum atomic E-state index is 2.65. The third-order valence-electron chi connectivity index (χ3n) is 6.88. The number of hydrogen-bond donors (Lipinski definition) is 0. The summed E-state index contributed by atoms with van der Waals surface area (Å²) in [7, 11) is 0. The fourth-order valence-electron chi connectivity index (χ4n) is 5.42. The van der Waals surface area contributed by atoms with Gasteiger partial charge in [-0.3, -0.25) is 0 Å². The Hall–Kier alpha value is -0.600. The smallest absolute Gasteiger partial charge is 1.00 e. The molecule has 0 amide bonds. The molecule has 3 aliphatic carbocycles. The number of hydrogen-bond acceptors (Lipinski definition) is 0. The first-order valence-electron chi connectivity index (χ1n) is 9.38. The van der Waals surface area contributed by atoms with E-state index in [4.69, 9.17) is 0 Å². The van der Waals surface area contributed by atoms with Gasteiger partial charge < -0.3 is 9.41 Å². The number of rotatable bonds is 4. The first kappa shape index (κ1) is 23.4. The third-order valence-corrected chi connectivity index (χ3v) is 38.7. The van der Waals surface area contributed by atoms with Crippen molar-refractivity contribution in [3.8, 4) is 0 Å². The van der Waals surface area contributed by atoms with Gasteiger partial charge in [0.2, 0.25) is 0 Å². The van der Waals surface area contributed by atoms with E-state index in [1.54, 1.807) is 16.7 Å². The van der Waals surface area contributed by atoms with Gasteiger partial charge in [-0.1, -0.05) is 0 Å². The predicted molar refractivity (Wildman–Crippen MR) is 107 cm³/mol. The summed E-state index contributed by atoms with van der Waals surface area (Å²) in [5, 5.41) is 0. The van der Waals surface area contributed by atoms with Crippen molar-refractivity contribution in [2.45, 2.75) is 60.6 Å². The summed E-state index contributed by atoms with van der Waals surface area (Å²) >= 11 is -2.79. The van der Waals surface area contributed by atoms with Gasteiger partial charge in [-0.25, -0.2) is 0 Å². The van der Waals surface area contributed by atoms with Crippen LogP contribution in [0.3, 0.4) is 0 Å². The molecule has 0 bridgehead atoms. The van der Waals surface area contributed by atoms with Crippen LogP contribution in [-0.2, 0) is 19.4 Å². The normalized spacial score (nSPS) is 20.6. The van der Waals surface area contributed by atoms with Crippen LogP contribution < -0.4 is 9.41 Å². The molecule has 142 valence electrons. The largest absolute Gasteiger partial charge is 1.00 e. The molecule has 0 nitrogen and oxygen atoms in total. The average molecular weight is 454 g/mol. The zero-order chi connectivity index (χ0) is 17.7. The summed E-state index contributed by atoms with van der Waals surface area (Å²) in [5.74, 6) is -0.847. The van der Waals surface area contributed by atoms with Crippen molar-refractivity contribution in [2.24, 2.45) is 5.41 Å². The summed E-state index contributed by atoms with van der Waals surface area (Å²) in [6, 6.07) is 0. The van der Waals surface area contributed by atoms with Gasteiger partial charge >= 0.3 is 154 Å². The maximum Gasteiger partial charge on any atom is -1.00 e. The molecule has 0 saturated carbocycles. The van der Waals surface area contributed by atoms with Crippen molar-refractivity contribution in [2.75, 3.05) is 0 Å². The first-order chi connectivity index (χ1) is 11.3. The van der Waals surface area contributed by atoms with E-state index in [0.29, 0.717) is 0 Å². The van der Waals surface area contributed by atoms with Crippen LogP contribution in [-0.4, -0.2) is 5.92 Å². The Kier molecular flexibility index (Phi) is 7.38. The van der Waals surface area contributed by atoms with E-state index in [9.17, 15) is 0 Å². The maximum absolute atomic E-state index is 2.79. The molecule has 0 aliphatic heterocycles. The van der Waals surface area contributed by atoms with Crippen LogP contribution in [0.4, 0.5) is 0 Å². The molecule has 0 saturated heterocycles. The van der Waals surface area contributed by atoms with Crippen molar-refractivity contribution >= 4 is 5.92 Å². The molecule has 0 unspecified atom stereocenters. The van der Waals surface area contributed by atoms with E-state index < -0.39 is 25.4 Å². The van der Waals surface area contributed by atoms with E-state index in [1.807, 2.05) is 9.84 Å². The Bertz CT molecular complexity index is 731. The zero-order valence-electron chi connectivity index (χ0n) is 17.2. The minimum atomic E-state index is -2.79. The van der Waals surface area contributed by atoms with Gasteiger partial charge in [0.15, 0.2) is 0 Å². The minimum absolute atomic E-state index is 0. The van der Waals surface area contributed by atoms with Gasteiger partial charge in [-0.05, 0) is 0 Å². The van der Waals surface area contributed by atoms with Crippen LogP contribution in [0.15, 0.2) is 63.0 Å². The van der Waals surface area contributed by atoms with Gasteiger partial charge in [0.25, 0.3) is 0 Å². The molecule has 0 spiro atoms. The molecule has 3 rings (SSSR count). The second kappa shape index (κ2) is 8.19. The van der Waals surface area contributed by atoms with E-state index in [-0.39, 0.29) is 14.8 Å². The molecule has 0 fully saturated rings. The molecule has 26 heavy (non-hydrogen) atoms. The van der Waals surface area contributed by atoms with Gasteiger partial charge in [-0.15, -0.1) is 0 Å². The topological polar surface area (TPSA) is 0 Å². The third kappa shape index (κ3) is 3.11. The molecule has 0 aromatic heterocycles. The van der Waals surface area contributed by atoms with E-state index in [1.165, 1.54) is 12.8 Å². The standard InChI is InChI=1S/C10H15.2C5H5.C2H7Si.2FH.Zr/c1-7-6-10(4,5)9(3)8(7)2;2*1-2-4-5-3-1;1-3-2;;;/h1-5H3;2*1-3H,4H2;3H,1-2H3;2*1H;/q;;;;;;+2/p-2. The molecule has 0 heterocycles. The molecule has 0 aromatic carbocycles. The fourth-order valence-corrected chi connectivity index (χ4v) is 39.9. The molecule has 3 aliphatic rings. The molecule has 0 N–H and O–H groups in total. The van der Waals surface area contributed by atoms with Crippen molar-refractivity contribution < 1.29 is 28.8 Å². The number of halogens is 2. The van der Waals surface area contributed by atoms with E-state index >= 15 is 0 Å². The van der Waals surface area contributed by atoms with Crippen molar-refractivity contribution in [3.05, 3.63) is 63.0 Å². The van der Waals surface area contributed by atoms with E-state index in [2.05, 4.69) is 84.2 Å². The average Bonchev–Trinajstić information content (AvgIpc) is 3.24. The van der Waals surface area contributed by atoms with Crippen molar-refractivity contribution in [3.63, 3.8) is 0 Å². The van der Waals surface area contributed by atoms with E-state index in [0.717, 1.165) is 0 Å². The number of allylic oxidation sites excluding steroid dienone is 12. The Morgan fingerprint density at radius 2 is 1.31 bits per heavy atom. The summed E-state index contributed by atoms with van der Waals surface area (Å²) in [6.07, 6.45) is 16.9. The Labute approximate surface area is 163 Å². The summed E-state index contributed by atoms with van der Waals surface area (Å²) in [5.41, 5.74) is 5.08. The predicted octanol–water partition coefficient (Wildman–Crippen LogP) is 0.470. The van der Waals surface area contributed by atoms with Crippen LogP contribution in [0.1, 0.15) is 47.5 Å². The molecule has 0 radical (unpaired) electrons. The first-order valence-corrected chi connectivity index (χ1v) is 20.2. The van der Waals surface area contributed by atoms with Gasteiger partial charge in [0, 0.05) is 0 Å². The van der Waals surface area contributed by atoms with Crippen LogP contribution in [0, 0.1) is 5.41 Å². The second-order valence-electron chi connectivity index (χ2n) is 8.49. The Morgan fingerprint density at radius 3 is 1.58 bits per heavy atom. The Balaban J connectivity index is 0.00000169. The molecule has 0 aromatic rings. The quantitative estimate of drug-likeness (QED) is 0.543. The molecule has 4 heteroatoms. The van der Waals surface area contributed by atoms with Crippen LogP contribution in [0.25, 0.3) is 0 Å². The van der Waals surface area contributed by atoms with Crippen LogP contribution in [0.2, 0.25) is 13.1 Å². The van der Waals surface area contributed by atoms with Gasteiger partial charge in [0.05, 0.1) is 0 Å². The van der Waals surface area contributed by atoms with Crippen LogP contribution >= 0.6 is 0 Å². The molecule has 0 atom stereocenters. The van der Waals surface area contributed by atoms with Gasteiger partial charge in [0.1, 0.15) is 0 Å². The minimum Gasteiger partial charge on any atom is -1.00 e.